The van der Waals surface area contributed by atoms with E-state index in [-0.39, 0.29) is 37.1 Å². The Morgan fingerprint density at radius 1 is 1.21 bits per heavy atom. The smallest absolute Gasteiger partial charge is 0.487 e. The van der Waals surface area contributed by atoms with Gasteiger partial charge in [-0.2, -0.15) is 0 Å². The van der Waals surface area contributed by atoms with E-state index >= 15 is 0 Å². The number of hydrogen-bond acceptors (Lipinski definition) is 6. The Bertz CT molecular complexity index is 948. The van der Waals surface area contributed by atoms with Gasteiger partial charge in [-0.05, 0) is 64.2 Å². The van der Waals surface area contributed by atoms with E-state index in [0.717, 1.165) is 55.4 Å². The van der Waals surface area contributed by atoms with E-state index in [9.17, 15) is 9.36 Å². The lowest BCUT2D eigenvalue weighted by Crippen LogP contribution is -2.45. The molecule has 3 rings (SSSR count). The zero-order valence-corrected chi connectivity index (χ0v) is 21.4. The molecule has 0 fully saturated rings. The molecule has 0 amide bonds. The molecule has 0 bridgehead atoms. The van der Waals surface area contributed by atoms with Crippen molar-refractivity contribution in [2.75, 3.05) is 13.2 Å². The highest BCUT2D eigenvalue weighted by atomic mass is 31.2. The van der Waals surface area contributed by atoms with Crippen molar-refractivity contribution in [1.29, 1.82) is 0 Å². The molecule has 1 heterocycles. The standard InChI is InChI=1S/C25H37O8P/c1-5-6-7-9-18-15-21(32-24(26)30-12-8-13-31-34(27,28)29)23-19-14-17(2)10-11-20(19)25(3,4)33-22(23)16-18/h10,15-16,19-20H,5-9,11-14H2,1-4H3,(H2,27,28,29)/t19-,20-/m1/s1. The van der Waals surface area contributed by atoms with Crippen molar-refractivity contribution in [3.05, 3.63) is 34.9 Å². The SMILES string of the molecule is CCCCCc1cc(OC(=O)OCCCOP(=O)(O)O)c2c(c1)OC(C)(C)[C@@H]1CC=C(C)C[C@@H]21. The lowest BCUT2D eigenvalue weighted by atomic mass is 9.67. The maximum atomic E-state index is 12.5. The minimum absolute atomic E-state index is 0.0748. The summed E-state index contributed by atoms with van der Waals surface area (Å²) in [5.41, 5.74) is 2.95. The predicted octanol–water partition coefficient (Wildman–Crippen LogP) is 6.05. The summed E-state index contributed by atoms with van der Waals surface area (Å²) < 4.78 is 32.4. The third kappa shape index (κ3) is 7.08. The van der Waals surface area contributed by atoms with Crippen LogP contribution in [0.25, 0.3) is 0 Å². The fraction of sp³-hybridized carbons (Fsp3) is 0.640. The lowest BCUT2D eigenvalue weighted by molar-refractivity contribution is 0.00720. The second kappa shape index (κ2) is 11.3. The number of rotatable bonds is 10. The number of carbonyl (C=O) groups excluding carboxylic acids is 1. The van der Waals surface area contributed by atoms with Crippen LogP contribution in [0.4, 0.5) is 4.79 Å². The summed E-state index contributed by atoms with van der Waals surface area (Å²) in [5.74, 6) is 1.68. The fourth-order valence-corrected chi connectivity index (χ4v) is 5.29. The molecule has 0 spiro atoms. The first-order valence-corrected chi connectivity index (χ1v) is 13.6. The summed E-state index contributed by atoms with van der Waals surface area (Å²) >= 11 is 0. The van der Waals surface area contributed by atoms with Gasteiger partial charge in [0.15, 0.2) is 0 Å². The summed E-state index contributed by atoms with van der Waals surface area (Å²) in [7, 11) is -4.54. The van der Waals surface area contributed by atoms with Gasteiger partial charge in [-0.15, -0.1) is 0 Å². The molecule has 0 unspecified atom stereocenters. The first kappa shape index (κ1) is 26.7. The second-order valence-corrected chi connectivity index (χ2v) is 11.0. The Balaban J connectivity index is 1.81. The molecule has 0 saturated heterocycles. The highest BCUT2D eigenvalue weighted by molar-refractivity contribution is 7.46. The van der Waals surface area contributed by atoms with E-state index < -0.39 is 14.0 Å². The Kier molecular flexibility index (Phi) is 8.85. The van der Waals surface area contributed by atoms with Crippen molar-refractivity contribution >= 4 is 14.0 Å². The number of allylic oxidation sites excluding steroid dienone is 2. The minimum atomic E-state index is -4.54. The molecule has 2 N–H and O–H groups in total. The molecule has 1 aromatic carbocycles. The molecule has 190 valence electrons. The fourth-order valence-electron chi connectivity index (χ4n) is 4.93. The van der Waals surface area contributed by atoms with Gasteiger partial charge in [0.1, 0.15) is 17.1 Å². The highest BCUT2D eigenvalue weighted by Crippen LogP contribution is 2.54. The van der Waals surface area contributed by atoms with Crippen molar-refractivity contribution in [2.24, 2.45) is 5.92 Å². The molecule has 34 heavy (non-hydrogen) atoms. The van der Waals surface area contributed by atoms with Gasteiger partial charge in [0.05, 0.1) is 13.2 Å². The third-order valence-electron chi connectivity index (χ3n) is 6.58. The lowest BCUT2D eigenvalue weighted by Gasteiger charge is -2.47. The van der Waals surface area contributed by atoms with E-state index in [1.54, 1.807) is 0 Å². The van der Waals surface area contributed by atoms with Gasteiger partial charge in [-0.3, -0.25) is 4.52 Å². The van der Waals surface area contributed by atoms with E-state index in [1.165, 1.54) is 5.57 Å². The van der Waals surface area contributed by atoms with Gasteiger partial charge >= 0.3 is 14.0 Å². The largest absolute Gasteiger partial charge is 0.513 e. The van der Waals surface area contributed by atoms with Gasteiger partial charge in [-0.1, -0.05) is 31.4 Å². The van der Waals surface area contributed by atoms with Crippen LogP contribution in [0.5, 0.6) is 11.5 Å². The molecule has 0 saturated carbocycles. The zero-order chi connectivity index (χ0) is 24.9. The first-order valence-electron chi connectivity index (χ1n) is 12.1. The summed E-state index contributed by atoms with van der Waals surface area (Å²) in [6, 6.07) is 4.02. The van der Waals surface area contributed by atoms with Crippen LogP contribution in [0.15, 0.2) is 23.8 Å². The summed E-state index contributed by atoms with van der Waals surface area (Å²) in [6.45, 7) is 8.24. The number of unbranched alkanes of at least 4 members (excludes halogenated alkanes) is 2. The number of aryl methyl sites for hydroxylation is 1. The van der Waals surface area contributed by atoms with Crippen molar-refractivity contribution < 1.29 is 37.9 Å². The van der Waals surface area contributed by atoms with Crippen LogP contribution in [-0.4, -0.2) is 34.8 Å². The molecular weight excluding hydrogens is 459 g/mol. The Morgan fingerprint density at radius 2 is 1.97 bits per heavy atom. The zero-order valence-electron chi connectivity index (χ0n) is 20.5. The predicted molar refractivity (Wildman–Crippen MR) is 128 cm³/mol. The topological polar surface area (TPSA) is 112 Å². The summed E-state index contributed by atoms with van der Waals surface area (Å²) in [6.07, 6.45) is 7.48. The Morgan fingerprint density at radius 3 is 2.68 bits per heavy atom. The normalized spacial score (nSPS) is 21.1. The van der Waals surface area contributed by atoms with Crippen molar-refractivity contribution in [1.82, 2.24) is 0 Å². The number of fused-ring (bicyclic) bond motifs is 3. The van der Waals surface area contributed by atoms with E-state index in [0.29, 0.717) is 5.75 Å². The van der Waals surface area contributed by atoms with Gasteiger partial charge < -0.3 is 24.0 Å². The molecule has 1 aliphatic heterocycles. The number of carbonyl (C=O) groups is 1. The third-order valence-corrected chi connectivity index (χ3v) is 7.10. The molecule has 8 nitrogen and oxygen atoms in total. The van der Waals surface area contributed by atoms with Crippen LogP contribution in [0.3, 0.4) is 0 Å². The van der Waals surface area contributed by atoms with Crippen molar-refractivity contribution in [2.45, 2.75) is 84.2 Å². The quantitative estimate of drug-likeness (QED) is 0.132. The van der Waals surface area contributed by atoms with Crippen LogP contribution >= 0.6 is 7.82 Å². The number of phosphoric ester groups is 1. The number of ether oxygens (including phenoxy) is 3. The molecular formula is C25H37O8P. The van der Waals surface area contributed by atoms with E-state index in [2.05, 4.69) is 44.4 Å². The van der Waals surface area contributed by atoms with Crippen LogP contribution in [-0.2, 0) is 20.2 Å². The molecule has 1 aromatic rings. The maximum Gasteiger partial charge on any atom is 0.513 e. The average molecular weight is 497 g/mol. The molecule has 2 atom stereocenters. The van der Waals surface area contributed by atoms with Crippen molar-refractivity contribution in [3.8, 4) is 11.5 Å². The van der Waals surface area contributed by atoms with Gasteiger partial charge in [0, 0.05) is 23.8 Å². The van der Waals surface area contributed by atoms with Crippen LogP contribution in [0, 0.1) is 5.92 Å². The van der Waals surface area contributed by atoms with Crippen LogP contribution in [0.2, 0.25) is 0 Å². The van der Waals surface area contributed by atoms with E-state index in [1.807, 2.05) is 6.07 Å². The van der Waals surface area contributed by atoms with Crippen molar-refractivity contribution in [3.63, 3.8) is 0 Å². The Labute approximate surface area is 201 Å². The number of benzene rings is 1. The Hall–Kier alpha value is -1.86. The van der Waals surface area contributed by atoms with Gasteiger partial charge in [-0.25, -0.2) is 9.36 Å². The van der Waals surface area contributed by atoms with Gasteiger partial charge in [0.25, 0.3) is 0 Å². The summed E-state index contributed by atoms with van der Waals surface area (Å²) in [4.78, 5) is 29.9. The first-order chi connectivity index (χ1) is 16.0. The average Bonchev–Trinajstić information content (AvgIpc) is 2.72. The molecule has 2 aliphatic rings. The van der Waals surface area contributed by atoms with Gasteiger partial charge in [0.2, 0.25) is 0 Å². The second-order valence-electron chi connectivity index (χ2n) is 9.75. The summed E-state index contributed by atoms with van der Waals surface area (Å²) in [5, 5.41) is 0. The van der Waals surface area contributed by atoms with E-state index in [4.69, 9.17) is 24.0 Å². The number of phosphoric acid groups is 1. The molecule has 1 aliphatic carbocycles. The van der Waals surface area contributed by atoms with Crippen LogP contribution < -0.4 is 9.47 Å². The maximum absolute atomic E-state index is 12.5. The molecule has 0 radical (unpaired) electrons. The number of hydrogen-bond donors (Lipinski definition) is 2. The highest BCUT2D eigenvalue weighted by Gasteiger charge is 2.46. The monoisotopic (exact) mass is 496 g/mol. The molecule has 9 heteroatoms. The molecule has 0 aromatic heterocycles. The van der Waals surface area contributed by atoms with Crippen LogP contribution in [0.1, 0.15) is 83.3 Å². The minimum Gasteiger partial charge on any atom is -0.487 e.